The Morgan fingerprint density at radius 2 is 2.33 bits per heavy atom. The van der Waals surface area contributed by atoms with Crippen molar-refractivity contribution in [1.29, 1.82) is 5.26 Å². The van der Waals surface area contributed by atoms with Crippen LogP contribution in [0.25, 0.3) is 0 Å². The molecule has 0 saturated carbocycles. The maximum atomic E-state index is 8.72. The molecule has 0 aliphatic carbocycles. The van der Waals surface area contributed by atoms with Gasteiger partial charge in [0.15, 0.2) is 0 Å². The summed E-state index contributed by atoms with van der Waals surface area (Å²) in [5, 5.41) is 8.72. The third-order valence-corrected chi connectivity index (χ3v) is 1.98. The molecule has 0 spiro atoms. The monoisotopic (exact) mass is 225 g/mol. The number of nitrogens with zero attached hydrogens (tertiary/aromatic N) is 1. The van der Waals surface area contributed by atoms with Gasteiger partial charge < -0.3 is 4.74 Å². The summed E-state index contributed by atoms with van der Waals surface area (Å²) in [6.45, 7) is 0.475. The summed E-state index contributed by atoms with van der Waals surface area (Å²) in [5.74, 6) is 0. The van der Waals surface area contributed by atoms with Crippen molar-refractivity contribution >= 4 is 15.9 Å². The largest absolute Gasteiger partial charge is 0.380 e. The number of halogens is 1. The Labute approximate surface area is 79.9 Å². The molecule has 0 heterocycles. The van der Waals surface area contributed by atoms with E-state index in [1.165, 1.54) is 0 Å². The maximum Gasteiger partial charge on any atom is 0.0995 e. The highest BCUT2D eigenvalue weighted by Crippen LogP contribution is 2.16. The fourth-order valence-corrected chi connectivity index (χ4v) is 1.35. The second-order valence-electron chi connectivity index (χ2n) is 2.35. The van der Waals surface area contributed by atoms with E-state index in [0.29, 0.717) is 12.2 Å². The Bertz CT molecular complexity index is 317. The van der Waals surface area contributed by atoms with E-state index in [-0.39, 0.29) is 0 Å². The lowest BCUT2D eigenvalue weighted by atomic mass is 10.1. The second kappa shape index (κ2) is 4.24. The number of hydrogen-bond acceptors (Lipinski definition) is 2. The first-order valence-electron chi connectivity index (χ1n) is 3.45. The van der Waals surface area contributed by atoms with E-state index in [0.717, 1.165) is 10.0 Å². The van der Waals surface area contributed by atoms with Crippen LogP contribution in [0, 0.1) is 11.3 Å². The van der Waals surface area contributed by atoms with E-state index in [9.17, 15) is 0 Å². The Hall–Kier alpha value is -0.850. The number of hydrogen-bond donors (Lipinski definition) is 0. The Morgan fingerprint density at radius 3 is 2.92 bits per heavy atom. The van der Waals surface area contributed by atoms with Crippen LogP contribution >= 0.6 is 15.9 Å². The highest BCUT2D eigenvalue weighted by atomic mass is 79.9. The zero-order chi connectivity index (χ0) is 8.97. The molecule has 1 rings (SSSR count). The van der Waals surface area contributed by atoms with Gasteiger partial charge in [-0.15, -0.1) is 0 Å². The first-order chi connectivity index (χ1) is 5.77. The lowest BCUT2D eigenvalue weighted by Crippen LogP contribution is -1.91. The van der Waals surface area contributed by atoms with Gasteiger partial charge in [-0.05, 0) is 23.8 Å². The Kier molecular flexibility index (Phi) is 3.27. The molecular weight excluding hydrogens is 218 g/mol. The summed E-state index contributed by atoms with van der Waals surface area (Å²) in [6.07, 6.45) is 0. The smallest absolute Gasteiger partial charge is 0.0995 e. The Balaban J connectivity index is 3.06. The van der Waals surface area contributed by atoms with Crippen LogP contribution in [0.3, 0.4) is 0 Å². The summed E-state index contributed by atoms with van der Waals surface area (Å²) >= 11 is 3.33. The van der Waals surface area contributed by atoms with E-state index in [4.69, 9.17) is 10.00 Å². The van der Waals surface area contributed by atoms with Crippen molar-refractivity contribution in [3.05, 3.63) is 33.8 Å². The standard InChI is InChI=1S/C9H8BrNO/c1-12-6-8-4-9(10)3-2-7(8)5-11/h2-4H,6H2,1H3. The van der Waals surface area contributed by atoms with E-state index >= 15 is 0 Å². The number of methoxy groups -OCH3 is 1. The highest BCUT2D eigenvalue weighted by Gasteiger charge is 2.01. The fraction of sp³-hybridized carbons (Fsp3) is 0.222. The fourth-order valence-electron chi connectivity index (χ4n) is 0.946. The van der Waals surface area contributed by atoms with Crippen molar-refractivity contribution in [1.82, 2.24) is 0 Å². The van der Waals surface area contributed by atoms with Crippen molar-refractivity contribution < 1.29 is 4.74 Å². The lowest BCUT2D eigenvalue weighted by molar-refractivity contribution is 0.184. The maximum absolute atomic E-state index is 8.72. The lowest BCUT2D eigenvalue weighted by Gasteiger charge is -2.02. The molecule has 3 heteroatoms. The molecule has 0 saturated heterocycles. The van der Waals surface area contributed by atoms with Gasteiger partial charge in [0.2, 0.25) is 0 Å². The number of nitriles is 1. The summed E-state index contributed by atoms with van der Waals surface area (Å²) in [6, 6.07) is 7.62. The first kappa shape index (κ1) is 9.24. The summed E-state index contributed by atoms with van der Waals surface area (Å²) in [4.78, 5) is 0. The molecule has 0 aliphatic rings. The minimum absolute atomic E-state index is 0.475. The average molecular weight is 226 g/mol. The van der Waals surface area contributed by atoms with E-state index in [1.807, 2.05) is 12.1 Å². The summed E-state index contributed by atoms with van der Waals surface area (Å²) < 4.78 is 5.92. The van der Waals surface area contributed by atoms with Crippen LogP contribution in [0.1, 0.15) is 11.1 Å². The molecule has 0 amide bonds. The SMILES string of the molecule is COCc1cc(Br)ccc1C#N. The van der Waals surface area contributed by atoms with Gasteiger partial charge in [-0.3, -0.25) is 0 Å². The van der Waals surface area contributed by atoms with Crippen molar-refractivity contribution in [2.24, 2.45) is 0 Å². The van der Waals surface area contributed by atoms with Gasteiger partial charge >= 0.3 is 0 Å². The van der Waals surface area contributed by atoms with Crippen LogP contribution in [0.5, 0.6) is 0 Å². The second-order valence-corrected chi connectivity index (χ2v) is 3.26. The predicted octanol–water partition coefficient (Wildman–Crippen LogP) is 2.47. The molecular formula is C9H8BrNO. The van der Waals surface area contributed by atoms with Gasteiger partial charge in [0.05, 0.1) is 18.2 Å². The molecule has 1 aromatic carbocycles. The number of ether oxygens (including phenoxy) is 1. The van der Waals surface area contributed by atoms with Crippen LogP contribution in [-0.4, -0.2) is 7.11 Å². The number of benzene rings is 1. The van der Waals surface area contributed by atoms with Crippen molar-refractivity contribution in [3.63, 3.8) is 0 Å². The van der Waals surface area contributed by atoms with Gasteiger partial charge in [-0.1, -0.05) is 15.9 Å². The zero-order valence-electron chi connectivity index (χ0n) is 6.67. The molecule has 62 valence electrons. The van der Waals surface area contributed by atoms with Crippen LogP contribution in [0.2, 0.25) is 0 Å². The minimum Gasteiger partial charge on any atom is -0.380 e. The zero-order valence-corrected chi connectivity index (χ0v) is 8.26. The molecule has 0 bridgehead atoms. The van der Waals surface area contributed by atoms with Crippen molar-refractivity contribution in [2.45, 2.75) is 6.61 Å². The average Bonchev–Trinajstić information content (AvgIpc) is 2.05. The molecule has 1 aromatic rings. The van der Waals surface area contributed by atoms with Crippen molar-refractivity contribution in [2.75, 3.05) is 7.11 Å². The van der Waals surface area contributed by atoms with E-state index in [2.05, 4.69) is 22.0 Å². The van der Waals surface area contributed by atoms with E-state index in [1.54, 1.807) is 13.2 Å². The molecule has 12 heavy (non-hydrogen) atoms. The van der Waals surface area contributed by atoms with Gasteiger partial charge in [-0.25, -0.2) is 0 Å². The normalized spacial score (nSPS) is 9.42. The molecule has 0 aliphatic heterocycles. The Morgan fingerprint density at radius 1 is 1.58 bits per heavy atom. The van der Waals surface area contributed by atoms with Crippen LogP contribution in [0.15, 0.2) is 22.7 Å². The molecule has 2 nitrogen and oxygen atoms in total. The molecule has 0 aromatic heterocycles. The molecule has 0 N–H and O–H groups in total. The molecule has 0 fully saturated rings. The molecule has 0 atom stereocenters. The van der Waals surface area contributed by atoms with Crippen LogP contribution in [0.4, 0.5) is 0 Å². The molecule has 0 unspecified atom stereocenters. The molecule has 0 radical (unpaired) electrons. The number of rotatable bonds is 2. The van der Waals surface area contributed by atoms with Crippen molar-refractivity contribution in [3.8, 4) is 6.07 Å². The summed E-state index contributed by atoms with van der Waals surface area (Å²) in [5.41, 5.74) is 1.58. The predicted molar refractivity (Wildman–Crippen MR) is 49.6 cm³/mol. The minimum atomic E-state index is 0.475. The van der Waals surface area contributed by atoms with E-state index < -0.39 is 0 Å². The van der Waals surface area contributed by atoms with Crippen LogP contribution in [-0.2, 0) is 11.3 Å². The summed E-state index contributed by atoms with van der Waals surface area (Å²) in [7, 11) is 1.61. The third kappa shape index (κ3) is 2.07. The quantitative estimate of drug-likeness (QED) is 0.775. The van der Waals surface area contributed by atoms with Gasteiger partial charge in [0.1, 0.15) is 0 Å². The van der Waals surface area contributed by atoms with Gasteiger partial charge in [0, 0.05) is 11.6 Å². The highest BCUT2D eigenvalue weighted by molar-refractivity contribution is 9.10. The topological polar surface area (TPSA) is 33.0 Å². The van der Waals surface area contributed by atoms with Gasteiger partial charge in [0.25, 0.3) is 0 Å². The first-order valence-corrected chi connectivity index (χ1v) is 4.24. The van der Waals surface area contributed by atoms with Gasteiger partial charge in [-0.2, -0.15) is 5.26 Å². The van der Waals surface area contributed by atoms with Crippen LogP contribution < -0.4 is 0 Å². The third-order valence-electron chi connectivity index (χ3n) is 1.49.